The van der Waals surface area contributed by atoms with E-state index in [1.165, 1.54) is 22.2 Å². The lowest BCUT2D eigenvalue weighted by Gasteiger charge is -2.26. The van der Waals surface area contributed by atoms with E-state index in [9.17, 15) is 18.0 Å². The highest BCUT2D eigenvalue weighted by atomic mass is 32.2. The fraction of sp³-hybridized carbons (Fsp3) is 0.417. The first-order valence-corrected chi connectivity index (χ1v) is 12.9. The quantitative estimate of drug-likeness (QED) is 0.696. The highest BCUT2D eigenvalue weighted by Gasteiger charge is 2.38. The van der Waals surface area contributed by atoms with Gasteiger partial charge < -0.3 is 14.8 Å². The van der Waals surface area contributed by atoms with Crippen LogP contribution in [0.2, 0.25) is 0 Å². The van der Waals surface area contributed by atoms with Gasteiger partial charge >= 0.3 is 0 Å². The Labute approximate surface area is 198 Å². The Hall–Kier alpha value is -3.11. The largest absolute Gasteiger partial charge is 0.454 e. The van der Waals surface area contributed by atoms with Crippen molar-refractivity contribution in [2.45, 2.75) is 50.1 Å². The first kappa shape index (κ1) is 22.7. The number of carbonyl (C=O) groups is 2. The van der Waals surface area contributed by atoms with Crippen molar-refractivity contribution in [3.63, 3.8) is 0 Å². The molecule has 3 heterocycles. The van der Waals surface area contributed by atoms with E-state index in [1.807, 2.05) is 12.1 Å². The van der Waals surface area contributed by atoms with Gasteiger partial charge in [-0.25, -0.2) is 8.42 Å². The minimum Gasteiger partial charge on any atom is -0.454 e. The Morgan fingerprint density at radius 1 is 1.03 bits per heavy atom. The van der Waals surface area contributed by atoms with Crippen LogP contribution in [0.25, 0.3) is 0 Å². The van der Waals surface area contributed by atoms with Crippen molar-refractivity contribution in [3.8, 4) is 11.5 Å². The van der Waals surface area contributed by atoms with Crippen LogP contribution in [0.15, 0.2) is 41.3 Å². The number of hydrogen-bond acceptors (Lipinski definition) is 6. The maximum atomic E-state index is 13.1. The molecule has 0 aliphatic carbocycles. The summed E-state index contributed by atoms with van der Waals surface area (Å²) in [4.78, 5) is 27.2. The van der Waals surface area contributed by atoms with Crippen LogP contribution in [0, 0.1) is 0 Å². The van der Waals surface area contributed by atoms with Crippen molar-refractivity contribution in [1.29, 1.82) is 0 Å². The van der Waals surface area contributed by atoms with Crippen LogP contribution in [0.1, 0.15) is 37.3 Å². The number of sulfonamides is 1. The summed E-state index contributed by atoms with van der Waals surface area (Å²) >= 11 is 0. The molecule has 1 fully saturated rings. The molecule has 34 heavy (non-hydrogen) atoms. The first-order valence-electron chi connectivity index (χ1n) is 11.4. The molecule has 2 aromatic rings. The molecular weight excluding hydrogens is 458 g/mol. The number of benzene rings is 2. The zero-order valence-corrected chi connectivity index (χ0v) is 19.8. The fourth-order valence-electron chi connectivity index (χ4n) is 4.80. The van der Waals surface area contributed by atoms with Gasteiger partial charge in [0, 0.05) is 38.7 Å². The third-order valence-electron chi connectivity index (χ3n) is 6.53. The maximum Gasteiger partial charge on any atom is 0.243 e. The highest BCUT2D eigenvalue weighted by Crippen LogP contribution is 2.36. The smallest absolute Gasteiger partial charge is 0.243 e. The van der Waals surface area contributed by atoms with Crippen LogP contribution in [-0.4, -0.2) is 50.5 Å². The summed E-state index contributed by atoms with van der Waals surface area (Å²) in [5, 5.41) is 2.89. The second kappa shape index (κ2) is 8.92. The molecule has 0 saturated carbocycles. The van der Waals surface area contributed by atoms with E-state index in [4.69, 9.17) is 9.47 Å². The lowest BCUT2D eigenvalue weighted by atomic mass is 10.1. The molecule has 1 atom stereocenters. The molecule has 1 saturated heterocycles. The molecule has 180 valence electrons. The van der Waals surface area contributed by atoms with Crippen molar-refractivity contribution < 1.29 is 27.5 Å². The predicted molar refractivity (Wildman–Crippen MR) is 124 cm³/mol. The van der Waals surface area contributed by atoms with E-state index >= 15 is 0 Å². The minimum atomic E-state index is -3.60. The standard InChI is InChI=1S/C24H27N3O6S/c1-16(28)27-20-7-6-19(34(30,31)26-9-3-2-4-10-26)12-18(20)13-21(27)24(29)25-14-17-5-8-22-23(11-17)33-15-32-22/h5-8,11-12,21H,2-4,9-10,13-15H2,1H3,(H,25,29). The summed E-state index contributed by atoms with van der Waals surface area (Å²) in [5.41, 5.74) is 2.10. The summed E-state index contributed by atoms with van der Waals surface area (Å²) in [6, 6.07) is 9.49. The van der Waals surface area contributed by atoms with Crippen molar-refractivity contribution in [3.05, 3.63) is 47.5 Å². The summed E-state index contributed by atoms with van der Waals surface area (Å²) in [7, 11) is -3.60. The van der Waals surface area contributed by atoms with Gasteiger partial charge in [0.2, 0.25) is 28.6 Å². The second-order valence-corrected chi connectivity index (χ2v) is 10.7. The number of anilines is 1. The third-order valence-corrected chi connectivity index (χ3v) is 8.43. The van der Waals surface area contributed by atoms with Crippen LogP contribution in [0.4, 0.5) is 5.69 Å². The Morgan fingerprint density at radius 2 is 1.79 bits per heavy atom. The van der Waals surface area contributed by atoms with Crippen LogP contribution < -0.4 is 19.7 Å². The zero-order valence-electron chi connectivity index (χ0n) is 19.0. The first-order chi connectivity index (χ1) is 16.3. The predicted octanol–water partition coefficient (Wildman–Crippen LogP) is 2.18. The topological polar surface area (TPSA) is 105 Å². The molecule has 0 spiro atoms. The monoisotopic (exact) mass is 485 g/mol. The van der Waals surface area contributed by atoms with Crippen molar-refractivity contribution in [2.75, 3.05) is 24.8 Å². The number of ether oxygens (including phenoxy) is 2. The Kier molecular flexibility index (Phi) is 5.95. The second-order valence-electron chi connectivity index (χ2n) is 8.77. The number of amides is 2. The minimum absolute atomic E-state index is 0.175. The Bertz CT molecular complexity index is 1240. The Balaban J connectivity index is 1.33. The summed E-state index contributed by atoms with van der Waals surface area (Å²) in [6.45, 7) is 2.89. The molecule has 3 aliphatic rings. The van der Waals surface area contributed by atoms with Gasteiger partial charge in [0.25, 0.3) is 0 Å². The lowest BCUT2D eigenvalue weighted by molar-refractivity contribution is -0.125. The molecule has 0 radical (unpaired) electrons. The van der Waals surface area contributed by atoms with Gasteiger partial charge in [-0.2, -0.15) is 4.31 Å². The van der Waals surface area contributed by atoms with Crippen molar-refractivity contribution in [1.82, 2.24) is 9.62 Å². The molecule has 5 rings (SSSR count). The SMILES string of the molecule is CC(=O)N1c2ccc(S(=O)(=O)N3CCCCC3)cc2CC1C(=O)NCc1ccc2c(c1)OCO2. The van der Waals surface area contributed by atoms with Crippen molar-refractivity contribution >= 4 is 27.5 Å². The summed E-state index contributed by atoms with van der Waals surface area (Å²) < 4.78 is 38.4. The maximum absolute atomic E-state index is 13.1. The van der Waals surface area contributed by atoms with Gasteiger partial charge in [0.15, 0.2) is 11.5 Å². The number of hydrogen-bond donors (Lipinski definition) is 1. The summed E-state index contributed by atoms with van der Waals surface area (Å²) in [6.07, 6.45) is 3.00. The van der Waals surface area contributed by atoms with Crippen molar-refractivity contribution in [2.24, 2.45) is 0 Å². The molecule has 1 N–H and O–H groups in total. The molecular formula is C24H27N3O6S. The Morgan fingerprint density at radius 3 is 2.56 bits per heavy atom. The molecule has 9 nitrogen and oxygen atoms in total. The molecule has 0 bridgehead atoms. The van der Waals surface area contributed by atoms with E-state index in [-0.39, 0.29) is 36.5 Å². The number of nitrogens with zero attached hydrogens (tertiary/aromatic N) is 2. The van der Waals surface area contributed by atoms with Gasteiger partial charge in [-0.1, -0.05) is 12.5 Å². The summed E-state index contributed by atoms with van der Waals surface area (Å²) in [5.74, 6) is 0.727. The fourth-order valence-corrected chi connectivity index (χ4v) is 6.37. The molecule has 0 aromatic heterocycles. The van der Waals surface area contributed by atoms with Gasteiger partial charge in [0.1, 0.15) is 6.04 Å². The zero-order chi connectivity index (χ0) is 23.9. The van der Waals surface area contributed by atoms with Crippen LogP contribution >= 0.6 is 0 Å². The lowest BCUT2D eigenvalue weighted by Crippen LogP contribution is -2.47. The third kappa shape index (κ3) is 4.12. The van der Waals surface area contributed by atoms with E-state index in [2.05, 4.69) is 5.32 Å². The van der Waals surface area contributed by atoms with Gasteiger partial charge in [0.05, 0.1) is 4.90 Å². The molecule has 3 aliphatic heterocycles. The van der Waals surface area contributed by atoms with E-state index < -0.39 is 16.1 Å². The molecule has 10 heteroatoms. The van der Waals surface area contributed by atoms with E-state index in [0.717, 1.165) is 24.8 Å². The highest BCUT2D eigenvalue weighted by molar-refractivity contribution is 7.89. The van der Waals surface area contributed by atoms with E-state index in [1.54, 1.807) is 18.2 Å². The number of carbonyl (C=O) groups excluding carboxylic acids is 2. The molecule has 1 unspecified atom stereocenters. The van der Waals surface area contributed by atoms with Gasteiger partial charge in [-0.3, -0.25) is 14.5 Å². The molecule has 2 amide bonds. The van der Waals surface area contributed by atoms with Gasteiger partial charge in [-0.15, -0.1) is 0 Å². The number of piperidine rings is 1. The average molecular weight is 486 g/mol. The van der Waals surface area contributed by atoms with E-state index in [0.29, 0.717) is 35.8 Å². The van der Waals surface area contributed by atoms with Crippen LogP contribution in [-0.2, 0) is 32.6 Å². The molecule has 2 aromatic carbocycles. The number of nitrogens with one attached hydrogen (secondary N) is 1. The number of rotatable bonds is 5. The van der Waals surface area contributed by atoms with Crippen LogP contribution in [0.5, 0.6) is 11.5 Å². The average Bonchev–Trinajstić information content (AvgIpc) is 3.46. The van der Waals surface area contributed by atoms with Crippen LogP contribution in [0.3, 0.4) is 0 Å². The normalized spacial score (nSPS) is 19.7. The van der Waals surface area contributed by atoms with Gasteiger partial charge in [-0.05, 0) is 54.3 Å². The number of fused-ring (bicyclic) bond motifs is 2.